The summed E-state index contributed by atoms with van der Waals surface area (Å²) < 4.78 is 23.5. The molecule has 0 radical (unpaired) electrons. The van der Waals surface area contributed by atoms with Crippen molar-refractivity contribution in [2.24, 2.45) is 0 Å². The van der Waals surface area contributed by atoms with Crippen LogP contribution in [0.4, 0.5) is 5.69 Å². The molecule has 0 saturated heterocycles. The molecule has 0 bridgehead atoms. The molecule has 21 heavy (non-hydrogen) atoms. The van der Waals surface area contributed by atoms with Crippen LogP contribution in [0, 0.1) is 0 Å². The van der Waals surface area contributed by atoms with Crippen molar-refractivity contribution in [3.8, 4) is 0 Å². The maximum absolute atomic E-state index is 12.7. The molecule has 1 fully saturated rings. The van der Waals surface area contributed by atoms with E-state index in [-0.39, 0.29) is 11.9 Å². The predicted octanol–water partition coefficient (Wildman–Crippen LogP) is 2.79. The summed E-state index contributed by atoms with van der Waals surface area (Å²) >= 11 is 0. The van der Waals surface area contributed by atoms with E-state index in [0.29, 0.717) is 0 Å². The van der Waals surface area contributed by atoms with E-state index in [2.05, 4.69) is 0 Å². The molecule has 0 heterocycles. The van der Waals surface area contributed by atoms with Crippen molar-refractivity contribution in [1.82, 2.24) is 0 Å². The Labute approximate surface area is 127 Å². The molecule has 116 valence electrons. The molecule has 0 aromatic heterocycles. The second-order valence-electron chi connectivity index (χ2n) is 5.81. The van der Waals surface area contributed by atoms with Gasteiger partial charge in [-0.3, -0.25) is 4.79 Å². The van der Waals surface area contributed by atoms with E-state index in [1.807, 2.05) is 30.3 Å². The number of carbonyl (C=O) groups excluding carboxylic acids is 1. The Balaban J connectivity index is 2.34. The first-order chi connectivity index (χ1) is 9.91. The second-order valence-corrected chi connectivity index (χ2v) is 8.17. The highest BCUT2D eigenvalue weighted by Crippen LogP contribution is 2.28. The van der Waals surface area contributed by atoms with E-state index in [1.54, 1.807) is 4.90 Å². The van der Waals surface area contributed by atoms with Gasteiger partial charge in [0.1, 0.15) is 5.25 Å². The molecule has 1 aromatic carbocycles. The van der Waals surface area contributed by atoms with Crippen molar-refractivity contribution in [3.05, 3.63) is 30.3 Å². The first kappa shape index (κ1) is 16.0. The van der Waals surface area contributed by atoms with Crippen molar-refractivity contribution in [3.63, 3.8) is 0 Å². The van der Waals surface area contributed by atoms with Crippen molar-refractivity contribution in [2.75, 3.05) is 11.2 Å². The van der Waals surface area contributed by atoms with Gasteiger partial charge in [-0.1, -0.05) is 37.5 Å². The quantitative estimate of drug-likeness (QED) is 0.859. The number of hydrogen-bond acceptors (Lipinski definition) is 3. The van der Waals surface area contributed by atoms with E-state index >= 15 is 0 Å². The molecule has 1 aromatic rings. The molecule has 1 aliphatic carbocycles. The molecule has 0 spiro atoms. The lowest BCUT2D eigenvalue weighted by Crippen LogP contribution is -2.48. The average molecular weight is 309 g/mol. The number of carbonyl (C=O) groups is 1. The van der Waals surface area contributed by atoms with Gasteiger partial charge in [0.15, 0.2) is 9.84 Å². The fourth-order valence-corrected chi connectivity index (χ4v) is 3.30. The van der Waals surface area contributed by atoms with E-state index in [9.17, 15) is 13.2 Å². The maximum atomic E-state index is 12.7. The molecule has 1 atom stereocenters. The van der Waals surface area contributed by atoms with Crippen LogP contribution in [0.1, 0.15) is 39.0 Å². The lowest BCUT2D eigenvalue weighted by Gasteiger charge is -2.35. The van der Waals surface area contributed by atoms with Gasteiger partial charge in [0.25, 0.3) is 0 Å². The van der Waals surface area contributed by atoms with Gasteiger partial charge in [-0.05, 0) is 31.9 Å². The van der Waals surface area contributed by atoms with Gasteiger partial charge in [0, 0.05) is 18.0 Å². The minimum atomic E-state index is -3.38. The Bertz CT molecular complexity index is 577. The van der Waals surface area contributed by atoms with Crippen LogP contribution in [0.3, 0.4) is 0 Å². The van der Waals surface area contributed by atoms with Gasteiger partial charge in [-0.15, -0.1) is 0 Å². The van der Waals surface area contributed by atoms with Crippen LogP contribution >= 0.6 is 0 Å². The number of para-hydroxylation sites is 1. The third kappa shape index (κ3) is 3.84. The van der Waals surface area contributed by atoms with Gasteiger partial charge in [-0.25, -0.2) is 8.42 Å². The highest BCUT2D eigenvalue weighted by Gasteiger charge is 2.33. The van der Waals surface area contributed by atoms with E-state index < -0.39 is 15.1 Å². The molecular weight excluding hydrogens is 286 g/mol. The molecule has 5 heteroatoms. The molecule has 1 unspecified atom stereocenters. The van der Waals surface area contributed by atoms with Crippen molar-refractivity contribution in [2.45, 2.75) is 50.3 Å². The minimum Gasteiger partial charge on any atom is -0.308 e. The first-order valence-electron chi connectivity index (χ1n) is 7.48. The van der Waals surface area contributed by atoms with Gasteiger partial charge >= 0.3 is 0 Å². The summed E-state index contributed by atoms with van der Waals surface area (Å²) in [6, 6.07) is 9.52. The van der Waals surface area contributed by atoms with Gasteiger partial charge in [-0.2, -0.15) is 0 Å². The number of sulfone groups is 1. The lowest BCUT2D eigenvalue weighted by molar-refractivity contribution is -0.118. The molecule has 1 saturated carbocycles. The van der Waals surface area contributed by atoms with Crippen LogP contribution in [0.2, 0.25) is 0 Å². The van der Waals surface area contributed by atoms with Crippen molar-refractivity contribution < 1.29 is 13.2 Å². The van der Waals surface area contributed by atoms with Gasteiger partial charge in [0.05, 0.1) is 0 Å². The number of hydrogen-bond donors (Lipinski definition) is 0. The standard InChI is InChI=1S/C16H23NO3S/c1-13(21(2,19)20)16(18)17(14-9-5-3-6-10-14)15-11-7-4-8-12-15/h3,5-6,9-10,13,15H,4,7-8,11-12H2,1-2H3. The fourth-order valence-electron chi connectivity index (χ4n) is 2.82. The van der Waals surface area contributed by atoms with Crippen LogP contribution in [0.15, 0.2) is 30.3 Å². The first-order valence-corrected chi connectivity index (χ1v) is 9.43. The molecular formula is C16H23NO3S. The van der Waals surface area contributed by atoms with Crippen LogP contribution < -0.4 is 4.90 Å². The Kier molecular flexibility index (Phi) is 5.04. The SMILES string of the molecule is CC(C(=O)N(c1ccccc1)C1CCCCC1)S(C)(=O)=O. The zero-order valence-electron chi connectivity index (χ0n) is 12.7. The molecule has 1 aliphatic rings. The predicted molar refractivity (Wildman–Crippen MR) is 85.1 cm³/mol. The lowest BCUT2D eigenvalue weighted by atomic mass is 9.93. The minimum absolute atomic E-state index is 0.109. The number of amides is 1. The Hall–Kier alpha value is -1.36. The highest BCUT2D eigenvalue weighted by molar-refractivity contribution is 7.92. The Morgan fingerprint density at radius 1 is 1.14 bits per heavy atom. The molecule has 0 N–H and O–H groups in total. The highest BCUT2D eigenvalue weighted by atomic mass is 32.2. The van der Waals surface area contributed by atoms with E-state index in [1.165, 1.54) is 13.3 Å². The molecule has 4 nitrogen and oxygen atoms in total. The number of nitrogens with zero attached hydrogens (tertiary/aromatic N) is 1. The smallest absolute Gasteiger partial charge is 0.245 e. The fraction of sp³-hybridized carbons (Fsp3) is 0.562. The van der Waals surface area contributed by atoms with Crippen LogP contribution in [-0.2, 0) is 14.6 Å². The zero-order valence-corrected chi connectivity index (χ0v) is 13.5. The van der Waals surface area contributed by atoms with E-state index in [0.717, 1.165) is 37.6 Å². The average Bonchev–Trinajstić information content (AvgIpc) is 2.48. The third-order valence-corrected chi connectivity index (χ3v) is 5.69. The summed E-state index contributed by atoms with van der Waals surface area (Å²) in [5.41, 5.74) is 0.796. The normalized spacial score (nSPS) is 18.2. The van der Waals surface area contributed by atoms with Crippen LogP contribution in [0.5, 0.6) is 0 Å². The topological polar surface area (TPSA) is 54.5 Å². The second kappa shape index (κ2) is 6.60. The van der Waals surface area contributed by atoms with Gasteiger partial charge < -0.3 is 4.90 Å². The molecule has 2 rings (SSSR count). The van der Waals surface area contributed by atoms with Crippen LogP contribution in [-0.4, -0.2) is 31.9 Å². The summed E-state index contributed by atoms with van der Waals surface area (Å²) in [6.45, 7) is 1.48. The summed E-state index contributed by atoms with van der Waals surface area (Å²) in [5.74, 6) is -0.310. The summed E-state index contributed by atoms with van der Waals surface area (Å²) in [4.78, 5) is 14.4. The van der Waals surface area contributed by atoms with Crippen LogP contribution in [0.25, 0.3) is 0 Å². The van der Waals surface area contributed by atoms with E-state index in [4.69, 9.17) is 0 Å². The largest absolute Gasteiger partial charge is 0.308 e. The Morgan fingerprint density at radius 2 is 1.71 bits per heavy atom. The van der Waals surface area contributed by atoms with Crippen molar-refractivity contribution in [1.29, 1.82) is 0 Å². The molecule has 0 aliphatic heterocycles. The molecule has 1 amide bonds. The third-order valence-electron chi connectivity index (χ3n) is 4.20. The number of rotatable bonds is 4. The number of anilines is 1. The summed E-state index contributed by atoms with van der Waals surface area (Å²) in [7, 11) is -3.38. The summed E-state index contributed by atoms with van der Waals surface area (Å²) in [5, 5.41) is -1.00. The van der Waals surface area contributed by atoms with Gasteiger partial charge in [0.2, 0.25) is 5.91 Å². The van der Waals surface area contributed by atoms with Crippen molar-refractivity contribution >= 4 is 21.4 Å². The zero-order chi connectivity index (χ0) is 15.5. The number of benzene rings is 1. The summed E-state index contributed by atoms with van der Waals surface area (Å²) in [6.07, 6.45) is 6.38. The maximum Gasteiger partial charge on any atom is 0.245 e. The monoisotopic (exact) mass is 309 g/mol. The Morgan fingerprint density at radius 3 is 2.24 bits per heavy atom.